The van der Waals surface area contributed by atoms with Gasteiger partial charge in [-0.1, -0.05) is 37.1 Å². The highest BCUT2D eigenvalue weighted by molar-refractivity contribution is 5.97. The molecule has 0 radical (unpaired) electrons. The number of esters is 1. The molecule has 0 heterocycles. The summed E-state index contributed by atoms with van der Waals surface area (Å²) in [5, 5.41) is 12.2. The second-order valence-corrected chi connectivity index (χ2v) is 9.75. The van der Waals surface area contributed by atoms with Gasteiger partial charge >= 0.3 is 11.9 Å². The minimum absolute atomic E-state index is 0.0579. The monoisotopic (exact) mass is 544 g/mol. The lowest BCUT2D eigenvalue weighted by Gasteiger charge is -2.21. The number of carbonyl (C=O) groups excluding carboxylic acids is 3. The Morgan fingerprint density at radius 3 is 2.05 bits per heavy atom. The third-order valence-electron chi connectivity index (χ3n) is 6.76. The first kappa shape index (κ1) is 28.4. The number of anilines is 1. The van der Waals surface area contributed by atoms with Gasteiger partial charge in [0.2, 0.25) is 5.91 Å². The highest BCUT2D eigenvalue weighted by atomic mass is 16.5. The summed E-state index contributed by atoms with van der Waals surface area (Å²) in [4.78, 5) is 50.6. The largest absolute Gasteiger partial charge is 0.497 e. The van der Waals surface area contributed by atoms with Crippen molar-refractivity contribution in [3.63, 3.8) is 0 Å². The van der Waals surface area contributed by atoms with Crippen LogP contribution >= 0.6 is 0 Å². The highest BCUT2D eigenvalue weighted by Gasteiger charge is 2.24. The quantitative estimate of drug-likeness (QED) is 0.265. The molecule has 4 rings (SSSR count). The SMILES string of the molecule is COc1ccc(CC(=O)Nc2ccc(C(=O)N(CC(=O)O)Cc3ccc(OC(=O)C4CCCC4)cc3)cc2)cc1. The van der Waals surface area contributed by atoms with Gasteiger partial charge in [0, 0.05) is 17.8 Å². The predicted octanol–water partition coefficient (Wildman–Crippen LogP) is 4.70. The summed E-state index contributed by atoms with van der Waals surface area (Å²) in [6.45, 7) is -0.431. The molecule has 9 nitrogen and oxygen atoms in total. The van der Waals surface area contributed by atoms with Crippen LogP contribution in [0.5, 0.6) is 11.5 Å². The molecule has 3 aromatic rings. The molecule has 0 spiro atoms. The van der Waals surface area contributed by atoms with E-state index >= 15 is 0 Å². The number of nitrogens with one attached hydrogen (secondary N) is 1. The van der Waals surface area contributed by atoms with Gasteiger partial charge in [0.25, 0.3) is 5.91 Å². The van der Waals surface area contributed by atoms with Crippen molar-refractivity contribution in [3.8, 4) is 11.5 Å². The van der Waals surface area contributed by atoms with Crippen molar-refractivity contribution in [2.75, 3.05) is 19.0 Å². The molecule has 208 valence electrons. The molecule has 2 N–H and O–H groups in total. The summed E-state index contributed by atoms with van der Waals surface area (Å²) in [5.74, 6) is -0.980. The molecule has 2 amide bonds. The lowest BCUT2D eigenvalue weighted by atomic mass is 10.1. The molecule has 0 aromatic heterocycles. The average Bonchev–Trinajstić information content (AvgIpc) is 3.49. The lowest BCUT2D eigenvalue weighted by molar-refractivity contribution is -0.139. The maximum Gasteiger partial charge on any atom is 0.323 e. The van der Waals surface area contributed by atoms with Crippen molar-refractivity contribution in [1.29, 1.82) is 0 Å². The van der Waals surface area contributed by atoms with E-state index in [1.807, 2.05) is 12.1 Å². The Kier molecular flexibility index (Phi) is 9.51. The fourth-order valence-electron chi connectivity index (χ4n) is 4.62. The van der Waals surface area contributed by atoms with Crippen LogP contribution in [0.4, 0.5) is 5.69 Å². The molecular formula is C31H32N2O7. The van der Waals surface area contributed by atoms with Crippen LogP contribution in [0.2, 0.25) is 0 Å². The third kappa shape index (κ3) is 7.92. The molecule has 0 bridgehead atoms. The number of rotatable bonds is 11. The molecule has 0 atom stereocenters. The average molecular weight is 545 g/mol. The Bertz CT molecular complexity index is 1330. The van der Waals surface area contributed by atoms with Gasteiger partial charge in [0.15, 0.2) is 0 Å². The number of methoxy groups -OCH3 is 1. The number of amides is 2. The molecule has 40 heavy (non-hydrogen) atoms. The zero-order valence-corrected chi connectivity index (χ0v) is 22.3. The second-order valence-electron chi connectivity index (χ2n) is 9.75. The van der Waals surface area contributed by atoms with Gasteiger partial charge in [-0.25, -0.2) is 0 Å². The van der Waals surface area contributed by atoms with E-state index in [1.54, 1.807) is 67.8 Å². The Morgan fingerprint density at radius 1 is 0.850 bits per heavy atom. The van der Waals surface area contributed by atoms with Crippen LogP contribution in [0.15, 0.2) is 72.8 Å². The van der Waals surface area contributed by atoms with Crippen LogP contribution in [0.3, 0.4) is 0 Å². The van der Waals surface area contributed by atoms with Crippen LogP contribution in [0.1, 0.15) is 47.2 Å². The van der Waals surface area contributed by atoms with Gasteiger partial charge in [0.05, 0.1) is 19.4 Å². The van der Waals surface area contributed by atoms with E-state index in [4.69, 9.17) is 9.47 Å². The van der Waals surface area contributed by atoms with E-state index < -0.39 is 18.4 Å². The lowest BCUT2D eigenvalue weighted by Crippen LogP contribution is -2.35. The van der Waals surface area contributed by atoms with E-state index in [0.29, 0.717) is 22.7 Å². The van der Waals surface area contributed by atoms with Crippen molar-refractivity contribution >= 4 is 29.4 Å². The second kappa shape index (κ2) is 13.4. The standard InChI is InChI=1S/C31H32N2O7/c1-39-26-14-6-21(7-15-26)18-28(34)32-25-12-10-23(11-13-25)30(37)33(20-29(35)36)19-22-8-16-27(17-9-22)40-31(38)24-4-2-3-5-24/h6-17,24H,2-5,18-20H2,1H3,(H,32,34)(H,35,36). The van der Waals surface area contributed by atoms with Crippen molar-refractivity contribution in [3.05, 3.63) is 89.5 Å². The van der Waals surface area contributed by atoms with Gasteiger partial charge in [0.1, 0.15) is 18.0 Å². The van der Waals surface area contributed by atoms with Gasteiger partial charge in [-0.3, -0.25) is 19.2 Å². The molecule has 1 aliphatic carbocycles. The molecule has 0 saturated heterocycles. The van der Waals surface area contributed by atoms with Crippen LogP contribution in [0.25, 0.3) is 0 Å². The summed E-state index contributed by atoms with van der Waals surface area (Å²) in [7, 11) is 1.58. The number of benzene rings is 3. The molecule has 3 aromatic carbocycles. The molecule has 1 fully saturated rings. The van der Waals surface area contributed by atoms with Crippen LogP contribution in [0, 0.1) is 5.92 Å². The van der Waals surface area contributed by atoms with Crippen molar-refractivity contribution < 1.29 is 33.8 Å². The van der Waals surface area contributed by atoms with Gasteiger partial charge in [-0.2, -0.15) is 0 Å². The van der Waals surface area contributed by atoms with E-state index in [-0.39, 0.29) is 36.3 Å². The smallest absolute Gasteiger partial charge is 0.323 e. The Labute approximate surface area is 232 Å². The van der Waals surface area contributed by atoms with E-state index in [2.05, 4.69) is 5.32 Å². The van der Waals surface area contributed by atoms with Crippen LogP contribution in [-0.4, -0.2) is 47.4 Å². The van der Waals surface area contributed by atoms with Gasteiger partial charge in [-0.05, 0) is 72.5 Å². The predicted molar refractivity (Wildman–Crippen MR) is 148 cm³/mol. The number of nitrogens with zero attached hydrogens (tertiary/aromatic N) is 1. The molecule has 0 unspecified atom stereocenters. The summed E-state index contributed by atoms with van der Waals surface area (Å²) in [6.07, 6.45) is 3.94. The number of carboxylic acid groups (broad SMARTS) is 1. The summed E-state index contributed by atoms with van der Waals surface area (Å²) < 4.78 is 10.6. The first-order valence-corrected chi connectivity index (χ1v) is 13.2. The number of hydrogen-bond acceptors (Lipinski definition) is 6. The van der Waals surface area contributed by atoms with E-state index in [9.17, 15) is 24.3 Å². The molecular weight excluding hydrogens is 512 g/mol. The van der Waals surface area contributed by atoms with Crippen molar-refractivity contribution in [1.82, 2.24) is 4.90 Å². The summed E-state index contributed by atoms with van der Waals surface area (Å²) in [5.41, 5.74) is 2.33. The maximum atomic E-state index is 13.2. The summed E-state index contributed by atoms with van der Waals surface area (Å²) in [6, 6.07) is 20.2. The van der Waals surface area contributed by atoms with Gasteiger partial charge < -0.3 is 24.8 Å². The van der Waals surface area contributed by atoms with Crippen molar-refractivity contribution in [2.45, 2.75) is 38.6 Å². The molecule has 1 saturated carbocycles. The number of aliphatic carboxylic acids is 1. The number of carbonyl (C=O) groups is 4. The Balaban J connectivity index is 1.35. The first-order valence-electron chi connectivity index (χ1n) is 13.2. The molecule has 0 aliphatic heterocycles. The van der Waals surface area contributed by atoms with Gasteiger partial charge in [-0.15, -0.1) is 0 Å². The Hall–Kier alpha value is -4.66. The number of ether oxygens (including phenoxy) is 2. The fraction of sp³-hybridized carbons (Fsp3) is 0.290. The minimum atomic E-state index is -1.14. The molecule has 9 heteroatoms. The van der Waals surface area contributed by atoms with Crippen molar-refractivity contribution in [2.24, 2.45) is 5.92 Å². The Morgan fingerprint density at radius 2 is 1.45 bits per heavy atom. The topological polar surface area (TPSA) is 122 Å². The number of carboxylic acids is 1. The zero-order valence-electron chi connectivity index (χ0n) is 22.3. The maximum absolute atomic E-state index is 13.2. The number of hydrogen-bond donors (Lipinski definition) is 2. The van der Waals surface area contributed by atoms with E-state index in [1.165, 1.54) is 4.90 Å². The third-order valence-corrected chi connectivity index (χ3v) is 6.76. The molecule has 1 aliphatic rings. The fourth-order valence-corrected chi connectivity index (χ4v) is 4.62. The minimum Gasteiger partial charge on any atom is -0.497 e. The highest BCUT2D eigenvalue weighted by Crippen LogP contribution is 2.27. The first-order chi connectivity index (χ1) is 19.3. The van der Waals surface area contributed by atoms with Crippen LogP contribution in [-0.2, 0) is 27.3 Å². The van der Waals surface area contributed by atoms with E-state index in [0.717, 1.165) is 31.2 Å². The summed E-state index contributed by atoms with van der Waals surface area (Å²) >= 11 is 0. The normalized spacial score (nSPS) is 12.9. The zero-order chi connectivity index (χ0) is 28.5. The van der Waals surface area contributed by atoms with Crippen LogP contribution < -0.4 is 14.8 Å².